The molecular weight excluding hydrogens is 148 g/mol. The standard InChI is InChI=1S/C6H14N2O3/c7-5-3-1-2-4-6-11-8(9)10/h1-7H2. The van der Waals surface area contributed by atoms with Crippen molar-refractivity contribution in [2.75, 3.05) is 13.2 Å². The lowest BCUT2D eigenvalue weighted by atomic mass is 10.2. The molecule has 0 aliphatic heterocycles. The van der Waals surface area contributed by atoms with E-state index in [4.69, 9.17) is 5.73 Å². The first kappa shape index (κ1) is 10.2. The summed E-state index contributed by atoms with van der Waals surface area (Å²) in [6, 6.07) is 0. The topological polar surface area (TPSA) is 78.4 Å². The molecule has 0 aliphatic rings. The SMILES string of the molecule is NCCCCCCO[N+](=O)[O-]. The number of nitrogens with two attached hydrogens (primary N) is 1. The first-order valence-electron chi connectivity index (χ1n) is 3.74. The summed E-state index contributed by atoms with van der Waals surface area (Å²) in [5, 5.41) is 8.89. The highest BCUT2D eigenvalue weighted by Gasteiger charge is 1.93. The van der Waals surface area contributed by atoms with Crippen LogP contribution < -0.4 is 5.73 Å². The summed E-state index contributed by atoms with van der Waals surface area (Å²) in [7, 11) is 0. The summed E-state index contributed by atoms with van der Waals surface area (Å²) >= 11 is 0. The lowest BCUT2D eigenvalue weighted by Gasteiger charge is -1.97. The summed E-state index contributed by atoms with van der Waals surface area (Å²) in [6.45, 7) is 0.896. The number of hydrogen-bond acceptors (Lipinski definition) is 4. The van der Waals surface area contributed by atoms with Crippen molar-refractivity contribution in [3.05, 3.63) is 10.1 Å². The van der Waals surface area contributed by atoms with Crippen LogP contribution in [0.3, 0.4) is 0 Å². The molecule has 0 amide bonds. The zero-order chi connectivity index (χ0) is 8.53. The molecule has 0 aromatic rings. The van der Waals surface area contributed by atoms with Gasteiger partial charge in [-0.05, 0) is 19.4 Å². The van der Waals surface area contributed by atoms with Crippen molar-refractivity contribution in [1.29, 1.82) is 0 Å². The van der Waals surface area contributed by atoms with Crippen LogP contribution in [-0.4, -0.2) is 18.2 Å². The lowest BCUT2D eigenvalue weighted by molar-refractivity contribution is -0.757. The highest BCUT2D eigenvalue weighted by Crippen LogP contribution is 1.98. The minimum absolute atomic E-state index is 0.206. The van der Waals surface area contributed by atoms with Crippen LogP contribution in [0.15, 0.2) is 0 Å². The first-order chi connectivity index (χ1) is 5.27. The summed E-state index contributed by atoms with van der Waals surface area (Å²) in [5.74, 6) is 0. The fraction of sp³-hybridized carbons (Fsp3) is 1.00. The van der Waals surface area contributed by atoms with Crippen LogP contribution in [0.5, 0.6) is 0 Å². The quantitative estimate of drug-likeness (QED) is 0.340. The zero-order valence-corrected chi connectivity index (χ0v) is 6.49. The molecular formula is C6H14N2O3. The Morgan fingerprint density at radius 2 is 1.91 bits per heavy atom. The lowest BCUT2D eigenvalue weighted by Crippen LogP contribution is -2.02. The Bertz CT molecular complexity index is 108. The molecule has 5 nitrogen and oxygen atoms in total. The molecule has 66 valence electrons. The van der Waals surface area contributed by atoms with E-state index in [0.717, 1.165) is 25.7 Å². The highest BCUT2D eigenvalue weighted by molar-refractivity contribution is 4.41. The molecule has 0 saturated carbocycles. The molecule has 0 aliphatic carbocycles. The van der Waals surface area contributed by atoms with E-state index in [1.807, 2.05) is 0 Å². The third kappa shape index (κ3) is 9.16. The molecule has 0 atom stereocenters. The van der Waals surface area contributed by atoms with Crippen molar-refractivity contribution < 1.29 is 9.92 Å². The Hall–Kier alpha value is -0.840. The number of nitrogens with zero attached hydrogens (tertiary/aromatic N) is 1. The van der Waals surface area contributed by atoms with Crippen LogP contribution in [0.25, 0.3) is 0 Å². The number of hydrogen-bond donors (Lipinski definition) is 1. The van der Waals surface area contributed by atoms with Crippen molar-refractivity contribution in [2.45, 2.75) is 25.7 Å². The Balaban J connectivity index is 2.85. The van der Waals surface area contributed by atoms with Crippen LogP contribution in [0.4, 0.5) is 0 Å². The van der Waals surface area contributed by atoms with Gasteiger partial charge in [0.25, 0.3) is 5.09 Å². The molecule has 2 N–H and O–H groups in total. The van der Waals surface area contributed by atoms with Gasteiger partial charge in [0.1, 0.15) is 0 Å². The molecule has 0 heterocycles. The predicted molar refractivity (Wildman–Crippen MR) is 40.5 cm³/mol. The molecule has 0 aromatic carbocycles. The molecule has 0 radical (unpaired) electrons. The smallest absolute Gasteiger partial charge is 0.294 e. The van der Waals surface area contributed by atoms with Crippen molar-refractivity contribution in [1.82, 2.24) is 0 Å². The third-order valence-corrected chi connectivity index (χ3v) is 1.30. The summed E-state index contributed by atoms with van der Waals surface area (Å²) in [5.41, 5.74) is 5.25. The van der Waals surface area contributed by atoms with Gasteiger partial charge in [-0.2, -0.15) is 0 Å². The van der Waals surface area contributed by atoms with E-state index in [2.05, 4.69) is 4.84 Å². The second-order valence-corrected chi connectivity index (χ2v) is 2.26. The molecule has 0 spiro atoms. The molecule has 0 saturated heterocycles. The van der Waals surface area contributed by atoms with Gasteiger partial charge in [-0.25, -0.2) is 0 Å². The molecule has 5 heteroatoms. The maximum atomic E-state index is 9.65. The van der Waals surface area contributed by atoms with Crippen molar-refractivity contribution >= 4 is 0 Å². The average Bonchev–Trinajstić information content (AvgIpc) is 1.96. The molecule has 0 bridgehead atoms. The minimum atomic E-state index is -0.761. The predicted octanol–water partition coefficient (Wildman–Crippen LogP) is 0.714. The molecule has 0 fully saturated rings. The largest absolute Gasteiger partial charge is 0.330 e. The minimum Gasteiger partial charge on any atom is -0.330 e. The summed E-state index contributed by atoms with van der Waals surface area (Å²) in [4.78, 5) is 13.8. The van der Waals surface area contributed by atoms with E-state index in [1.165, 1.54) is 0 Å². The van der Waals surface area contributed by atoms with Crippen LogP contribution in [0, 0.1) is 10.1 Å². The fourth-order valence-corrected chi connectivity index (χ4v) is 0.739. The number of unbranched alkanes of at least 4 members (excludes halogenated alkanes) is 3. The van der Waals surface area contributed by atoms with Crippen molar-refractivity contribution in [3.63, 3.8) is 0 Å². The Labute approximate surface area is 65.6 Å². The normalized spacial score (nSPS) is 9.55. The van der Waals surface area contributed by atoms with E-state index < -0.39 is 5.09 Å². The van der Waals surface area contributed by atoms with Crippen LogP contribution >= 0.6 is 0 Å². The van der Waals surface area contributed by atoms with Gasteiger partial charge in [0.2, 0.25) is 0 Å². The van der Waals surface area contributed by atoms with E-state index in [9.17, 15) is 10.1 Å². The Morgan fingerprint density at radius 1 is 1.27 bits per heavy atom. The monoisotopic (exact) mass is 162 g/mol. The first-order valence-corrected chi connectivity index (χ1v) is 3.74. The van der Waals surface area contributed by atoms with E-state index in [0.29, 0.717) is 6.54 Å². The van der Waals surface area contributed by atoms with Crippen molar-refractivity contribution in [2.24, 2.45) is 5.73 Å². The van der Waals surface area contributed by atoms with Gasteiger partial charge in [-0.1, -0.05) is 12.8 Å². The summed E-state index contributed by atoms with van der Waals surface area (Å²) in [6.07, 6.45) is 3.70. The van der Waals surface area contributed by atoms with E-state index >= 15 is 0 Å². The maximum absolute atomic E-state index is 9.65. The van der Waals surface area contributed by atoms with E-state index in [1.54, 1.807) is 0 Å². The van der Waals surface area contributed by atoms with Crippen LogP contribution in [0.2, 0.25) is 0 Å². The second-order valence-electron chi connectivity index (χ2n) is 2.26. The van der Waals surface area contributed by atoms with Gasteiger partial charge < -0.3 is 10.6 Å². The third-order valence-electron chi connectivity index (χ3n) is 1.30. The fourth-order valence-electron chi connectivity index (χ4n) is 0.739. The Kier molecular flexibility index (Phi) is 6.71. The molecule has 0 aromatic heterocycles. The van der Waals surface area contributed by atoms with Crippen LogP contribution in [0.1, 0.15) is 25.7 Å². The maximum Gasteiger partial charge on any atom is 0.294 e. The van der Waals surface area contributed by atoms with Crippen LogP contribution in [-0.2, 0) is 4.84 Å². The zero-order valence-electron chi connectivity index (χ0n) is 6.49. The van der Waals surface area contributed by atoms with Gasteiger partial charge in [-0.15, -0.1) is 10.1 Å². The van der Waals surface area contributed by atoms with Gasteiger partial charge in [-0.3, -0.25) is 0 Å². The van der Waals surface area contributed by atoms with Crippen molar-refractivity contribution in [3.8, 4) is 0 Å². The Morgan fingerprint density at radius 3 is 2.45 bits per heavy atom. The highest BCUT2D eigenvalue weighted by atomic mass is 16.9. The van der Waals surface area contributed by atoms with Gasteiger partial charge in [0, 0.05) is 0 Å². The van der Waals surface area contributed by atoms with Gasteiger partial charge >= 0.3 is 0 Å². The number of rotatable bonds is 7. The average molecular weight is 162 g/mol. The van der Waals surface area contributed by atoms with Gasteiger partial charge in [0.05, 0.1) is 6.61 Å². The molecule has 0 unspecified atom stereocenters. The molecule has 11 heavy (non-hydrogen) atoms. The van der Waals surface area contributed by atoms with Gasteiger partial charge in [0.15, 0.2) is 0 Å². The van der Waals surface area contributed by atoms with E-state index in [-0.39, 0.29) is 6.61 Å². The second kappa shape index (κ2) is 7.27. The molecule has 0 rings (SSSR count). The summed E-state index contributed by atoms with van der Waals surface area (Å²) < 4.78 is 0.